The molecule has 2 N–H and O–H groups in total. The topological polar surface area (TPSA) is 46.1 Å². The molecule has 1 aromatic rings. The van der Waals surface area contributed by atoms with E-state index in [-0.39, 0.29) is 18.3 Å². The van der Waals surface area contributed by atoms with Gasteiger partial charge in [-0.1, -0.05) is 6.92 Å². The summed E-state index contributed by atoms with van der Waals surface area (Å²) < 4.78 is 2.15. The van der Waals surface area contributed by atoms with Gasteiger partial charge in [-0.25, -0.2) is 0 Å². The van der Waals surface area contributed by atoms with E-state index in [1.807, 2.05) is 19.9 Å². The molecule has 0 fully saturated rings. The fourth-order valence-electron chi connectivity index (χ4n) is 2.05. The number of aromatic nitrogens is 1. The van der Waals surface area contributed by atoms with Crippen LogP contribution in [0.4, 0.5) is 0 Å². The van der Waals surface area contributed by atoms with Crippen molar-refractivity contribution in [3.63, 3.8) is 0 Å². The second-order valence-corrected chi connectivity index (χ2v) is 4.14. The van der Waals surface area contributed by atoms with Crippen molar-refractivity contribution in [1.29, 1.82) is 0 Å². The molecule has 104 valence electrons. The standard InChI is InChI=1S/C13H23N3O.ClH/c1-5-14-7-8-15-13(17)12-9-10(3)16(6-2)11(12)4;/h9,14H,5-8H2,1-4H3,(H,15,17);1H. The molecule has 0 radical (unpaired) electrons. The van der Waals surface area contributed by atoms with Gasteiger partial charge in [-0.3, -0.25) is 4.79 Å². The summed E-state index contributed by atoms with van der Waals surface area (Å²) in [7, 11) is 0. The van der Waals surface area contributed by atoms with E-state index in [1.54, 1.807) is 0 Å². The zero-order valence-electron chi connectivity index (χ0n) is 11.7. The summed E-state index contributed by atoms with van der Waals surface area (Å²) in [6.07, 6.45) is 0. The summed E-state index contributed by atoms with van der Waals surface area (Å²) >= 11 is 0. The van der Waals surface area contributed by atoms with E-state index >= 15 is 0 Å². The number of amides is 1. The van der Waals surface area contributed by atoms with Crippen molar-refractivity contribution in [2.45, 2.75) is 34.2 Å². The van der Waals surface area contributed by atoms with Gasteiger partial charge in [0.15, 0.2) is 0 Å². The highest BCUT2D eigenvalue weighted by molar-refractivity contribution is 5.95. The van der Waals surface area contributed by atoms with Crippen molar-refractivity contribution in [3.05, 3.63) is 23.0 Å². The number of rotatable bonds is 6. The molecule has 0 aromatic carbocycles. The number of hydrogen-bond donors (Lipinski definition) is 2. The molecular formula is C13H24ClN3O. The van der Waals surface area contributed by atoms with Crippen LogP contribution in [0.2, 0.25) is 0 Å². The first-order chi connectivity index (χ1) is 8.11. The molecule has 0 aliphatic rings. The van der Waals surface area contributed by atoms with Gasteiger partial charge in [0.1, 0.15) is 0 Å². The molecule has 1 aromatic heterocycles. The van der Waals surface area contributed by atoms with Crippen LogP contribution in [0.5, 0.6) is 0 Å². The lowest BCUT2D eigenvalue weighted by molar-refractivity contribution is 0.0953. The third kappa shape index (κ3) is 4.03. The minimum Gasteiger partial charge on any atom is -0.351 e. The van der Waals surface area contributed by atoms with Crippen LogP contribution < -0.4 is 10.6 Å². The molecule has 4 nitrogen and oxygen atoms in total. The van der Waals surface area contributed by atoms with E-state index in [0.29, 0.717) is 6.54 Å². The fourth-order valence-corrected chi connectivity index (χ4v) is 2.05. The molecule has 18 heavy (non-hydrogen) atoms. The summed E-state index contributed by atoms with van der Waals surface area (Å²) in [6.45, 7) is 11.5. The van der Waals surface area contributed by atoms with Crippen LogP contribution in [-0.2, 0) is 6.54 Å². The summed E-state index contributed by atoms with van der Waals surface area (Å²) in [6, 6.07) is 1.96. The lowest BCUT2D eigenvalue weighted by Crippen LogP contribution is -2.31. The number of carbonyl (C=O) groups excluding carboxylic acids is 1. The Labute approximate surface area is 116 Å². The maximum atomic E-state index is 12.0. The first-order valence-electron chi connectivity index (χ1n) is 6.27. The van der Waals surface area contributed by atoms with Gasteiger partial charge >= 0.3 is 0 Å². The smallest absolute Gasteiger partial charge is 0.253 e. The average molecular weight is 274 g/mol. The van der Waals surface area contributed by atoms with Crippen molar-refractivity contribution >= 4 is 18.3 Å². The third-order valence-corrected chi connectivity index (χ3v) is 2.97. The van der Waals surface area contributed by atoms with E-state index in [4.69, 9.17) is 0 Å². The molecule has 0 atom stereocenters. The van der Waals surface area contributed by atoms with E-state index in [9.17, 15) is 4.79 Å². The van der Waals surface area contributed by atoms with E-state index < -0.39 is 0 Å². The molecule has 1 amide bonds. The molecule has 0 bridgehead atoms. The highest BCUT2D eigenvalue weighted by atomic mass is 35.5. The predicted octanol–water partition coefficient (Wildman–Crippen LogP) is 1.89. The molecular weight excluding hydrogens is 250 g/mol. The maximum Gasteiger partial charge on any atom is 0.253 e. The lowest BCUT2D eigenvalue weighted by atomic mass is 10.2. The van der Waals surface area contributed by atoms with Gasteiger partial charge in [0.25, 0.3) is 5.91 Å². The normalized spacial score (nSPS) is 10.0. The number of halogens is 1. The zero-order chi connectivity index (χ0) is 12.8. The minimum atomic E-state index is 0. The number of nitrogens with zero attached hydrogens (tertiary/aromatic N) is 1. The number of carbonyl (C=O) groups is 1. The Kier molecular flexibility index (Phi) is 7.71. The molecule has 0 aliphatic heterocycles. The summed E-state index contributed by atoms with van der Waals surface area (Å²) in [5, 5.41) is 6.10. The molecule has 0 spiro atoms. The first kappa shape index (κ1) is 17.0. The Hall–Kier alpha value is -1.00. The van der Waals surface area contributed by atoms with Crippen LogP contribution >= 0.6 is 12.4 Å². The van der Waals surface area contributed by atoms with Gasteiger partial charge in [0.2, 0.25) is 0 Å². The highest BCUT2D eigenvalue weighted by Crippen LogP contribution is 2.14. The average Bonchev–Trinajstić information content (AvgIpc) is 2.60. The van der Waals surface area contributed by atoms with Gasteiger partial charge in [0, 0.05) is 31.0 Å². The summed E-state index contributed by atoms with van der Waals surface area (Å²) in [4.78, 5) is 12.0. The summed E-state index contributed by atoms with van der Waals surface area (Å²) in [5.41, 5.74) is 2.98. The van der Waals surface area contributed by atoms with Crippen LogP contribution in [-0.4, -0.2) is 30.1 Å². The number of aryl methyl sites for hydroxylation is 1. The highest BCUT2D eigenvalue weighted by Gasteiger charge is 2.13. The second kappa shape index (κ2) is 8.16. The molecule has 1 rings (SSSR count). The first-order valence-corrected chi connectivity index (χ1v) is 6.27. The molecule has 0 saturated heterocycles. The number of likely N-dealkylation sites (N-methyl/N-ethyl adjacent to an activating group) is 1. The van der Waals surface area contributed by atoms with Crippen LogP contribution in [0, 0.1) is 13.8 Å². The monoisotopic (exact) mass is 273 g/mol. The van der Waals surface area contributed by atoms with Crippen LogP contribution in [0.25, 0.3) is 0 Å². The molecule has 1 heterocycles. The Morgan fingerprint density at radius 3 is 2.44 bits per heavy atom. The summed E-state index contributed by atoms with van der Waals surface area (Å²) in [5.74, 6) is 0.0238. The number of nitrogens with one attached hydrogen (secondary N) is 2. The van der Waals surface area contributed by atoms with Gasteiger partial charge in [-0.15, -0.1) is 12.4 Å². The fraction of sp³-hybridized carbons (Fsp3) is 0.615. The largest absolute Gasteiger partial charge is 0.351 e. The van der Waals surface area contributed by atoms with Gasteiger partial charge < -0.3 is 15.2 Å². The third-order valence-electron chi connectivity index (χ3n) is 2.97. The van der Waals surface area contributed by atoms with Crippen molar-refractivity contribution in [1.82, 2.24) is 15.2 Å². The van der Waals surface area contributed by atoms with E-state index in [1.165, 1.54) is 0 Å². The SMILES string of the molecule is CCNCCNC(=O)c1cc(C)n(CC)c1C.Cl. The van der Waals surface area contributed by atoms with Crippen LogP contribution in [0.15, 0.2) is 6.07 Å². The predicted molar refractivity (Wildman–Crippen MR) is 77.7 cm³/mol. The van der Waals surface area contributed by atoms with Crippen molar-refractivity contribution in [3.8, 4) is 0 Å². The van der Waals surface area contributed by atoms with E-state index in [0.717, 1.165) is 36.6 Å². The lowest BCUT2D eigenvalue weighted by Gasteiger charge is -2.07. The van der Waals surface area contributed by atoms with Gasteiger partial charge in [-0.2, -0.15) is 0 Å². The quantitative estimate of drug-likeness (QED) is 0.778. The maximum absolute atomic E-state index is 12.0. The van der Waals surface area contributed by atoms with Gasteiger partial charge in [0.05, 0.1) is 5.56 Å². The van der Waals surface area contributed by atoms with Gasteiger partial charge in [-0.05, 0) is 33.4 Å². The van der Waals surface area contributed by atoms with Crippen LogP contribution in [0.3, 0.4) is 0 Å². The van der Waals surface area contributed by atoms with Crippen molar-refractivity contribution < 1.29 is 4.79 Å². The van der Waals surface area contributed by atoms with E-state index in [2.05, 4.69) is 29.0 Å². The number of hydrogen-bond acceptors (Lipinski definition) is 2. The minimum absolute atomic E-state index is 0. The Bertz CT molecular complexity index is 388. The zero-order valence-corrected chi connectivity index (χ0v) is 12.5. The Balaban J connectivity index is 0.00000289. The molecule has 0 saturated carbocycles. The second-order valence-electron chi connectivity index (χ2n) is 4.14. The van der Waals surface area contributed by atoms with Crippen molar-refractivity contribution in [2.75, 3.05) is 19.6 Å². The Morgan fingerprint density at radius 2 is 1.94 bits per heavy atom. The van der Waals surface area contributed by atoms with Crippen LogP contribution in [0.1, 0.15) is 35.6 Å². The molecule has 0 aliphatic carbocycles. The molecule has 5 heteroatoms. The Morgan fingerprint density at radius 1 is 1.28 bits per heavy atom. The van der Waals surface area contributed by atoms with Crippen molar-refractivity contribution in [2.24, 2.45) is 0 Å². The molecule has 0 unspecified atom stereocenters.